The van der Waals surface area contributed by atoms with Gasteiger partial charge in [0.05, 0.1) is 4.90 Å². The molecule has 0 fully saturated rings. The van der Waals surface area contributed by atoms with Gasteiger partial charge in [0.15, 0.2) is 0 Å². The molecule has 4 nitrogen and oxygen atoms in total. The molecule has 0 atom stereocenters. The van der Waals surface area contributed by atoms with Crippen molar-refractivity contribution in [3.63, 3.8) is 0 Å². The van der Waals surface area contributed by atoms with Crippen LogP contribution in [0.1, 0.15) is 5.56 Å². The van der Waals surface area contributed by atoms with Gasteiger partial charge in [-0.3, -0.25) is 4.72 Å². The van der Waals surface area contributed by atoms with E-state index in [0.29, 0.717) is 15.6 Å². The number of halogens is 2. The molecule has 1 aromatic carbocycles. The van der Waals surface area contributed by atoms with E-state index in [2.05, 4.69) is 9.71 Å². The number of aromatic nitrogens is 1. The van der Waals surface area contributed by atoms with E-state index < -0.39 is 10.0 Å². The molecule has 0 aliphatic rings. The fourth-order valence-electron chi connectivity index (χ4n) is 1.52. The van der Waals surface area contributed by atoms with Crippen molar-refractivity contribution in [1.82, 2.24) is 4.98 Å². The van der Waals surface area contributed by atoms with Crippen LogP contribution in [0.5, 0.6) is 0 Å². The first kappa shape index (κ1) is 14.1. The summed E-state index contributed by atoms with van der Waals surface area (Å²) in [6, 6.07) is 7.66. The first-order valence-electron chi connectivity index (χ1n) is 5.29. The van der Waals surface area contributed by atoms with Gasteiger partial charge in [0.2, 0.25) is 0 Å². The number of nitrogens with zero attached hydrogens (tertiary/aromatic N) is 1. The predicted molar refractivity (Wildman–Crippen MR) is 76.2 cm³/mol. The minimum absolute atomic E-state index is 0.113. The number of nitrogens with one attached hydrogen (secondary N) is 1. The number of anilines is 1. The average Bonchev–Trinajstić information content (AvgIpc) is 2.31. The maximum atomic E-state index is 12.2. The van der Waals surface area contributed by atoms with Crippen LogP contribution in [-0.4, -0.2) is 13.4 Å². The molecule has 2 rings (SSSR count). The second-order valence-electron chi connectivity index (χ2n) is 3.87. The Balaban J connectivity index is 2.40. The molecule has 19 heavy (non-hydrogen) atoms. The van der Waals surface area contributed by atoms with E-state index >= 15 is 0 Å². The summed E-state index contributed by atoms with van der Waals surface area (Å²) in [5, 5.41) is 0.751. The Morgan fingerprint density at radius 1 is 1.11 bits per heavy atom. The SMILES string of the molecule is Cc1ccc(Cl)cc1S(=O)(=O)Nc1cc(Cl)ccn1. The highest BCUT2D eigenvalue weighted by Gasteiger charge is 2.18. The van der Waals surface area contributed by atoms with Crippen molar-refractivity contribution >= 4 is 39.0 Å². The fraction of sp³-hybridized carbons (Fsp3) is 0.0833. The van der Waals surface area contributed by atoms with E-state index in [0.717, 1.165) is 0 Å². The summed E-state index contributed by atoms with van der Waals surface area (Å²) in [5.74, 6) is 0.159. The Hall–Kier alpha value is -1.30. The summed E-state index contributed by atoms with van der Waals surface area (Å²) in [6.07, 6.45) is 1.42. The Morgan fingerprint density at radius 2 is 1.79 bits per heavy atom. The highest BCUT2D eigenvalue weighted by molar-refractivity contribution is 7.92. The molecule has 0 spiro atoms. The van der Waals surface area contributed by atoms with E-state index in [-0.39, 0.29) is 10.7 Å². The van der Waals surface area contributed by atoms with Crippen LogP contribution in [0.25, 0.3) is 0 Å². The maximum Gasteiger partial charge on any atom is 0.263 e. The summed E-state index contributed by atoms with van der Waals surface area (Å²) >= 11 is 11.6. The second kappa shape index (κ2) is 5.36. The van der Waals surface area contributed by atoms with Crippen molar-refractivity contribution in [3.05, 3.63) is 52.1 Å². The lowest BCUT2D eigenvalue weighted by Crippen LogP contribution is -2.15. The zero-order valence-electron chi connectivity index (χ0n) is 9.89. The van der Waals surface area contributed by atoms with Crippen molar-refractivity contribution in [1.29, 1.82) is 0 Å². The van der Waals surface area contributed by atoms with E-state index in [4.69, 9.17) is 23.2 Å². The summed E-state index contributed by atoms with van der Waals surface area (Å²) < 4.78 is 26.8. The quantitative estimate of drug-likeness (QED) is 0.942. The van der Waals surface area contributed by atoms with Gasteiger partial charge < -0.3 is 0 Å². The lowest BCUT2D eigenvalue weighted by atomic mass is 10.2. The Labute approximate surface area is 121 Å². The van der Waals surface area contributed by atoms with Crippen molar-refractivity contribution in [2.45, 2.75) is 11.8 Å². The number of rotatable bonds is 3. The Morgan fingerprint density at radius 3 is 2.47 bits per heavy atom. The third-order valence-electron chi connectivity index (χ3n) is 2.40. The topological polar surface area (TPSA) is 59.1 Å². The minimum atomic E-state index is -3.74. The second-order valence-corrected chi connectivity index (χ2v) is 6.40. The standard InChI is InChI=1S/C12H10Cl2N2O2S/c1-8-2-3-9(13)6-11(8)19(17,18)16-12-7-10(14)4-5-15-12/h2-7H,1H3,(H,15,16). The largest absolute Gasteiger partial charge is 0.263 e. The van der Waals surface area contributed by atoms with E-state index in [1.54, 1.807) is 25.1 Å². The van der Waals surface area contributed by atoms with Crippen LogP contribution < -0.4 is 4.72 Å². The third-order valence-corrected chi connectivity index (χ3v) is 4.37. The van der Waals surface area contributed by atoms with E-state index in [1.165, 1.54) is 18.3 Å². The number of hydrogen-bond acceptors (Lipinski definition) is 3. The van der Waals surface area contributed by atoms with Crippen molar-refractivity contribution in [2.75, 3.05) is 4.72 Å². The van der Waals surface area contributed by atoms with Crippen LogP contribution in [0.2, 0.25) is 10.0 Å². The van der Waals surface area contributed by atoms with Crippen molar-refractivity contribution < 1.29 is 8.42 Å². The maximum absolute atomic E-state index is 12.2. The molecular weight excluding hydrogens is 307 g/mol. The van der Waals surface area contributed by atoms with Gasteiger partial charge in [0.25, 0.3) is 10.0 Å². The summed E-state index contributed by atoms with van der Waals surface area (Å²) in [6.45, 7) is 1.69. The smallest absolute Gasteiger partial charge is 0.263 e. The minimum Gasteiger partial charge on any atom is -0.263 e. The van der Waals surface area contributed by atoms with Crippen LogP contribution in [0.3, 0.4) is 0 Å². The first-order chi connectivity index (χ1) is 8.88. The molecule has 0 amide bonds. The molecule has 0 saturated heterocycles. The number of benzene rings is 1. The van der Waals surface area contributed by atoms with Crippen LogP contribution in [0, 0.1) is 6.92 Å². The average molecular weight is 317 g/mol. The van der Waals surface area contributed by atoms with Crippen molar-refractivity contribution in [3.8, 4) is 0 Å². The van der Waals surface area contributed by atoms with Crippen LogP contribution >= 0.6 is 23.2 Å². The highest BCUT2D eigenvalue weighted by Crippen LogP contribution is 2.23. The number of hydrogen-bond donors (Lipinski definition) is 1. The molecule has 1 aromatic heterocycles. The van der Waals surface area contributed by atoms with Crippen LogP contribution in [0.4, 0.5) is 5.82 Å². The monoisotopic (exact) mass is 316 g/mol. The number of pyridine rings is 1. The summed E-state index contributed by atoms with van der Waals surface area (Å²) in [4.78, 5) is 4.01. The molecule has 0 saturated carbocycles. The number of sulfonamides is 1. The normalized spacial score (nSPS) is 11.3. The predicted octanol–water partition coefficient (Wildman–Crippen LogP) is 3.50. The van der Waals surface area contributed by atoms with Crippen molar-refractivity contribution in [2.24, 2.45) is 0 Å². The summed E-state index contributed by atoms with van der Waals surface area (Å²) in [5.41, 5.74) is 0.596. The first-order valence-corrected chi connectivity index (χ1v) is 7.53. The molecule has 0 aliphatic heterocycles. The lowest BCUT2D eigenvalue weighted by Gasteiger charge is -2.10. The molecule has 0 aliphatic carbocycles. The van der Waals surface area contributed by atoms with Gasteiger partial charge in [-0.25, -0.2) is 13.4 Å². The van der Waals surface area contributed by atoms with E-state index in [9.17, 15) is 8.42 Å². The Bertz CT molecular complexity index is 717. The molecule has 0 bridgehead atoms. The van der Waals surface area contributed by atoms with E-state index in [1.807, 2.05) is 0 Å². The molecular formula is C12H10Cl2N2O2S. The van der Waals surface area contributed by atoms with Crippen LogP contribution in [0.15, 0.2) is 41.4 Å². The molecule has 7 heteroatoms. The van der Waals surface area contributed by atoms with Crippen LogP contribution in [-0.2, 0) is 10.0 Å². The molecule has 2 aromatic rings. The van der Waals surface area contributed by atoms with Gasteiger partial charge in [0, 0.05) is 22.3 Å². The molecule has 0 unspecified atom stereocenters. The molecule has 1 heterocycles. The van der Waals surface area contributed by atoms with Gasteiger partial charge in [-0.1, -0.05) is 29.3 Å². The van der Waals surface area contributed by atoms with Gasteiger partial charge in [-0.05, 0) is 30.7 Å². The Kier molecular flexibility index (Phi) is 3.99. The molecule has 1 N–H and O–H groups in total. The summed E-state index contributed by atoms with van der Waals surface area (Å²) in [7, 11) is -3.74. The zero-order valence-corrected chi connectivity index (χ0v) is 12.2. The van der Waals surface area contributed by atoms with Gasteiger partial charge in [-0.2, -0.15) is 0 Å². The zero-order chi connectivity index (χ0) is 14.0. The third kappa shape index (κ3) is 3.37. The lowest BCUT2D eigenvalue weighted by molar-refractivity contribution is 0.600. The van der Waals surface area contributed by atoms with Gasteiger partial charge in [-0.15, -0.1) is 0 Å². The van der Waals surface area contributed by atoms with Gasteiger partial charge >= 0.3 is 0 Å². The molecule has 100 valence electrons. The van der Waals surface area contributed by atoms with Gasteiger partial charge in [0.1, 0.15) is 5.82 Å². The molecule has 0 radical (unpaired) electrons. The number of aryl methyl sites for hydroxylation is 1. The highest BCUT2D eigenvalue weighted by atomic mass is 35.5. The fourth-order valence-corrected chi connectivity index (χ4v) is 3.18.